The number of nitro benzene ring substituents is 1. The van der Waals surface area contributed by atoms with Gasteiger partial charge in [-0.2, -0.15) is 0 Å². The first-order valence-electron chi connectivity index (χ1n) is 8.84. The number of benzene rings is 1. The molecule has 2 amide bonds. The van der Waals surface area contributed by atoms with E-state index in [4.69, 9.17) is 4.74 Å². The average molecular weight is 432 g/mol. The van der Waals surface area contributed by atoms with E-state index in [1.807, 2.05) is 0 Å². The van der Waals surface area contributed by atoms with E-state index >= 15 is 0 Å². The molecule has 3 aromatic rings. The highest BCUT2D eigenvalue weighted by Gasteiger charge is 2.25. The number of fused-ring (bicyclic) bond motifs is 2. The van der Waals surface area contributed by atoms with Gasteiger partial charge in [-0.05, 0) is 19.1 Å². The van der Waals surface area contributed by atoms with E-state index in [0.717, 1.165) is 15.3 Å². The molecule has 1 aromatic carbocycles. The van der Waals surface area contributed by atoms with E-state index in [-0.39, 0.29) is 17.7 Å². The molecule has 3 heterocycles. The third-order valence-corrected chi connectivity index (χ3v) is 6.52. The highest BCUT2D eigenvalue weighted by Crippen LogP contribution is 2.31. The van der Waals surface area contributed by atoms with Gasteiger partial charge in [-0.3, -0.25) is 20.2 Å². The summed E-state index contributed by atoms with van der Waals surface area (Å²) < 4.78 is 5.83. The van der Waals surface area contributed by atoms with E-state index in [1.165, 1.54) is 34.8 Å². The molecule has 29 heavy (non-hydrogen) atoms. The van der Waals surface area contributed by atoms with Crippen LogP contribution in [-0.2, 0) is 17.7 Å². The van der Waals surface area contributed by atoms with Crippen molar-refractivity contribution in [2.45, 2.75) is 19.9 Å². The van der Waals surface area contributed by atoms with Crippen LogP contribution in [0.3, 0.4) is 0 Å². The summed E-state index contributed by atoms with van der Waals surface area (Å²) in [7, 11) is 0. The quantitative estimate of drug-likeness (QED) is 0.492. The van der Waals surface area contributed by atoms with E-state index in [2.05, 4.69) is 10.3 Å². The Bertz CT molecular complexity index is 1120. The van der Waals surface area contributed by atoms with Crippen LogP contribution in [0, 0.1) is 10.1 Å². The minimum Gasteiger partial charge on any atom is -0.450 e. The number of nitro groups is 1. The van der Waals surface area contributed by atoms with Crippen molar-refractivity contribution in [3.63, 3.8) is 0 Å². The fraction of sp³-hybridized carbons (Fsp3) is 0.278. The van der Waals surface area contributed by atoms with Gasteiger partial charge in [0, 0.05) is 40.1 Å². The van der Waals surface area contributed by atoms with E-state index in [9.17, 15) is 19.7 Å². The Labute approximate surface area is 173 Å². The molecule has 150 valence electrons. The zero-order chi connectivity index (χ0) is 20.5. The summed E-state index contributed by atoms with van der Waals surface area (Å²) in [5.41, 5.74) is 0.860. The van der Waals surface area contributed by atoms with Gasteiger partial charge in [0.25, 0.3) is 11.6 Å². The van der Waals surface area contributed by atoms with Crippen LogP contribution in [0.15, 0.2) is 24.3 Å². The molecule has 1 N–H and O–H groups in total. The number of amides is 2. The van der Waals surface area contributed by atoms with Crippen LogP contribution in [0.1, 0.15) is 27.2 Å². The number of thiophene rings is 1. The second kappa shape index (κ2) is 7.76. The SMILES string of the molecule is CCOC(=O)N1CCc2nc(NC(=O)c3cc4cc([N+](=O)[O-])ccc4s3)sc2C1. The number of nitrogens with one attached hydrogen (secondary N) is 1. The van der Waals surface area contributed by atoms with Crippen molar-refractivity contribution in [2.75, 3.05) is 18.5 Å². The predicted molar refractivity (Wildman–Crippen MR) is 110 cm³/mol. The van der Waals surface area contributed by atoms with Gasteiger partial charge in [0.1, 0.15) is 0 Å². The lowest BCUT2D eigenvalue weighted by atomic mass is 10.2. The minimum absolute atomic E-state index is 0.0130. The zero-order valence-electron chi connectivity index (χ0n) is 15.3. The maximum atomic E-state index is 12.6. The van der Waals surface area contributed by atoms with Gasteiger partial charge in [0.15, 0.2) is 5.13 Å². The first-order chi connectivity index (χ1) is 13.9. The predicted octanol–water partition coefficient (Wildman–Crippen LogP) is 4.03. The van der Waals surface area contributed by atoms with E-state index in [1.54, 1.807) is 24.0 Å². The lowest BCUT2D eigenvalue weighted by molar-refractivity contribution is -0.384. The second-order valence-corrected chi connectivity index (χ2v) is 8.47. The topological polar surface area (TPSA) is 115 Å². The Hall–Kier alpha value is -3.05. The first-order valence-corrected chi connectivity index (χ1v) is 10.5. The molecule has 0 radical (unpaired) electrons. The Morgan fingerprint density at radius 2 is 2.17 bits per heavy atom. The van der Waals surface area contributed by atoms with Gasteiger partial charge in [-0.25, -0.2) is 9.78 Å². The lowest BCUT2D eigenvalue weighted by Crippen LogP contribution is -2.35. The Morgan fingerprint density at radius 3 is 2.93 bits per heavy atom. The maximum Gasteiger partial charge on any atom is 0.410 e. The summed E-state index contributed by atoms with van der Waals surface area (Å²) in [6, 6.07) is 6.15. The minimum atomic E-state index is -0.462. The highest BCUT2D eigenvalue weighted by molar-refractivity contribution is 7.21. The molecule has 0 aliphatic carbocycles. The summed E-state index contributed by atoms with van der Waals surface area (Å²) in [5.74, 6) is -0.317. The maximum absolute atomic E-state index is 12.6. The summed E-state index contributed by atoms with van der Waals surface area (Å²) in [6.45, 7) is 3.02. The van der Waals surface area contributed by atoms with Gasteiger partial charge in [-0.1, -0.05) is 11.3 Å². The van der Waals surface area contributed by atoms with E-state index < -0.39 is 4.92 Å². The summed E-state index contributed by atoms with van der Waals surface area (Å²) in [4.78, 5) is 42.4. The number of nitrogens with zero attached hydrogens (tertiary/aromatic N) is 3. The van der Waals surface area contributed by atoms with Crippen molar-refractivity contribution >= 4 is 55.6 Å². The molecule has 0 spiro atoms. The molecular formula is C18H16N4O5S2. The van der Waals surface area contributed by atoms with E-state index in [0.29, 0.717) is 41.5 Å². The fourth-order valence-corrected chi connectivity index (χ4v) is 4.99. The number of ether oxygens (including phenoxy) is 1. The number of aromatic nitrogens is 1. The third-order valence-electron chi connectivity index (χ3n) is 4.41. The molecule has 0 unspecified atom stereocenters. The van der Waals surface area contributed by atoms with Crippen molar-refractivity contribution in [2.24, 2.45) is 0 Å². The number of rotatable bonds is 4. The molecule has 2 aromatic heterocycles. The largest absolute Gasteiger partial charge is 0.450 e. The number of non-ortho nitro benzene ring substituents is 1. The molecule has 9 nitrogen and oxygen atoms in total. The van der Waals surface area contributed by atoms with Crippen LogP contribution in [0.25, 0.3) is 10.1 Å². The second-order valence-electron chi connectivity index (χ2n) is 6.30. The third kappa shape index (κ3) is 3.91. The van der Waals surface area contributed by atoms with Crippen LogP contribution >= 0.6 is 22.7 Å². The first kappa shape index (κ1) is 19.3. The Kier molecular flexibility index (Phi) is 5.16. The van der Waals surface area contributed by atoms with Crippen molar-refractivity contribution in [1.82, 2.24) is 9.88 Å². The van der Waals surface area contributed by atoms with Crippen molar-refractivity contribution in [3.05, 3.63) is 49.8 Å². The van der Waals surface area contributed by atoms with Gasteiger partial charge in [-0.15, -0.1) is 11.3 Å². The standard InChI is InChI=1S/C18H16N4O5S2/c1-2-27-18(24)21-6-5-12-15(9-21)29-17(19-12)20-16(23)14-8-10-7-11(22(25)26)3-4-13(10)28-14/h3-4,7-8H,2,5-6,9H2,1H3,(H,19,20,23). The monoisotopic (exact) mass is 432 g/mol. The molecule has 0 saturated carbocycles. The average Bonchev–Trinajstić information content (AvgIpc) is 3.30. The number of hydrogen-bond acceptors (Lipinski definition) is 8. The van der Waals surface area contributed by atoms with Crippen LogP contribution in [0.4, 0.5) is 15.6 Å². The van der Waals surface area contributed by atoms with Crippen LogP contribution in [0.2, 0.25) is 0 Å². The smallest absolute Gasteiger partial charge is 0.410 e. The van der Waals surface area contributed by atoms with Gasteiger partial charge >= 0.3 is 6.09 Å². The molecule has 0 fully saturated rings. The van der Waals surface area contributed by atoms with Crippen LogP contribution in [-0.4, -0.2) is 40.0 Å². The van der Waals surface area contributed by atoms with Crippen LogP contribution in [0.5, 0.6) is 0 Å². The normalized spacial score (nSPS) is 13.2. The number of anilines is 1. The molecule has 4 rings (SSSR count). The fourth-order valence-electron chi connectivity index (χ4n) is 3.03. The molecule has 0 saturated heterocycles. The lowest BCUT2D eigenvalue weighted by Gasteiger charge is -2.24. The van der Waals surface area contributed by atoms with Gasteiger partial charge in [0.05, 0.1) is 28.6 Å². The summed E-state index contributed by atoms with van der Waals surface area (Å²) in [5, 5.41) is 14.8. The molecule has 1 aliphatic heterocycles. The zero-order valence-corrected chi connectivity index (χ0v) is 17.0. The van der Waals surface area contributed by atoms with Crippen molar-refractivity contribution in [1.29, 1.82) is 0 Å². The van der Waals surface area contributed by atoms with Gasteiger partial charge in [0.2, 0.25) is 0 Å². The molecular weight excluding hydrogens is 416 g/mol. The number of carbonyl (C=O) groups excluding carboxylic acids is 2. The number of thiazole rings is 1. The Morgan fingerprint density at radius 1 is 1.34 bits per heavy atom. The highest BCUT2D eigenvalue weighted by atomic mass is 32.1. The number of hydrogen-bond donors (Lipinski definition) is 1. The summed E-state index contributed by atoms with van der Waals surface area (Å²) >= 11 is 2.60. The molecule has 0 bridgehead atoms. The summed E-state index contributed by atoms with van der Waals surface area (Å²) in [6.07, 6.45) is 0.254. The van der Waals surface area contributed by atoms with Crippen LogP contribution < -0.4 is 5.32 Å². The van der Waals surface area contributed by atoms with Crippen molar-refractivity contribution < 1.29 is 19.2 Å². The Balaban J connectivity index is 1.49. The molecule has 0 atom stereocenters. The number of carbonyl (C=O) groups is 2. The van der Waals surface area contributed by atoms with Crippen molar-refractivity contribution in [3.8, 4) is 0 Å². The molecule has 1 aliphatic rings. The molecule has 11 heteroatoms. The van der Waals surface area contributed by atoms with Gasteiger partial charge < -0.3 is 9.64 Å².